The minimum atomic E-state index is -0.180. The Morgan fingerprint density at radius 3 is 2.73 bits per heavy atom. The summed E-state index contributed by atoms with van der Waals surface area (Å²) in [6, 6.07) is 15.4. The van der Waals surface area contributed by atoms with Crippen molar-refractivity contribution in [2.45, 2.75) is 13.5 Å². The molecule has 0 radical (unpaired) electrons. The minimum Gasteiger partial charge on any atom is -0.492 e. The van der Waals surface area contributed by atoms with Crippen molar-refractivity contribution in [2.24, 2.45) is 0 Å². The third-order valence-corrected chi connectivity index (χ3v) is 4.21. The zero-order valence-electron chi connectivity index (χ0n) is 15.3. The van der Waals surface area contributed by atoms with Crippen LogP contribution in [0, 0.1) is 6.92 Å². The molecule has 3 rings (SSSR count). The average molecular weight is 353 g/mol. The highest BCUT2D eigenvalue weighted by molar-refractivity contribution is 5.98. The molecule has 5 heteroatoms. The standard InChI is InChI=1S/C21H23NO4/c1-15-7-6-8-16(13-15)25-12-11-22(2)21(23)20-18(14-24-3)17-9-4-5-10-19(17)26-20/h4-10,13H,11-12,14H2,1-3H3. The summed E-state index contributed by atoms with van der Waals surface area (Å²) in [7, 11) is 3.35. The first-order valence-corrected chi connectivity index (χ1v) is 8.54. The predicted octanol–water partition coefficient (Wildman–Crippen LogP) is 4.04. The lowest BCUT2D eigenvalue weighted by atomic mass is 10.1. The van der Waals surface area contributed by atoms with Gasteiger partial charge in [0.25, 0.3) is 5.91 Å². The van der Waals surface area contributed by atoms with E-state index in [9.17, 15) is 4.79 Å². The lowest BCUT2D eigenvalue weighted by molar-refractivity contribution is 0.0738. The number of furan rings is 1. The molecule has 0 N–H and O–H groups in total. The summed E-state index contributed by atoms with van der Waals surface area (Å²) in [5.41, 5.74) is 2.60. The van der Waals surface area contributed by atoms with Crippen LogP contribution in [-0.4, -0.2) is 38.1 Å². The fourth-order valence-electron chi connectivity index (χ4n) is 2.84. The van der Waals surface area contributed by atoms with E-state index >= 15 is 0 Å². The van der Waals surface area contributed by atoms with Crippen molar-refractivity contribution in [2.75, 3.05) is 27.3 Å². The van der Waals surface area contributed by atoms with Crippen LogP contribution in [0.4, 0.5) is 0 Å². The molecule has 1 aromatic heterocycles. The number of ether oxygens (including phenoxy) is 2. The van der Waals surface area contributed by atoms with Gasteiger partial charge in [-0.05, 0) is 30.7 Å². The number of nitrogens with zero attached hydrogens (tertiary/aromatic N) is 1. The second-order valence-electron chi connectivity index (χ2n) is 6.23. The molecule has 0 spiro atoms. The molecule has 136 valence electrons. The lowest BCUT2D eigenvalue weighted by Crippen LogP contribution is -2.31. The molecule has 0 saturated heterocycles. The summed E-state index contributed by atoms with van der Waals surface area (Å²) in [5.74, 6) is 0.946. The maximum atomic E-state index is 12.8. The van der Waals surface area contributed by atoms with Crippen molar-refractivity contribution in [1.29, 1.82) is 0 Å². The Kier molecular flexibility index (Phi) is 5.58. The summed E-state index contributed by atoms with van der Waals surface area (Å²) in [4.78, 5) is 14.4. The Hall–Kier alpha value is -2.79. The van der Waals surface area contributed by atoms with Gasteiger partial charge in [0.05, 0.1) is 13.2 Å². The molecule has 0 aliphatic heterocycles. The van der Waals surface area contributed by atoms with Crippen molar-refractivity contribution in [1.82, 2.24) is 4.90 Å². The van der Waals surface area contributed by atoms with Gasteiger partial charge >= 0.3 is 0 Å². The molecule has 2 aromatic carbocycles. The van der Waals surface area contributed by atoms with E-state index in [1.807, 2.05) is 55.5 Å². The SMILES string of the molecule is COCc1c(C(=O)N(C)CCOc2cccc(C)c2)oc2ccccc12. The number of carbonyl (C=O) groups excluding carboxylic acids is 1. The van der Waals surface area contributed by atoms with Crippen molar-refractivity contribution in [3.63, 3.8) is 0 Å². The molecule has 0 saturated carbocycles. The van der Waals surface area contributed by atoms with Gasteiger partial charge in [-0.25, -0.2) is 0 Å². The molecule has 1 heterocycles. The van der Waals surface area contributed by atoms with Gasteiger partial charge in [-0.3, -0.25) is 4.79 Å². The predicted molar refractivity (Wildman–Crippen MR) is 101 cm³/mol. The molecule has 0 unspecified atom stereocenters. The van der Waals surface area contributed by atoms with Crippen LogP contribution in [0.2, 0.25) is 0 Å². The number of rotatable bonds is 7. The molecule has 0 fully saturated rings. The summed E-state index contributed by atoms with van der Waals surface area (Å²) < 4.78 is 16.8. The van der Waals surface area contributed by atoms with Crippen LogP contribution in [0.15, 0.2) is 52.9 Å². The zero-order valence-corrected chi connectivity index (χ0v) is 15.3. The van der Waals surface area contributed by atoms with Crippen LogP contribution in [0.3, 0.4) is 0 Å². The molecule has 0 bridgehead atoms. The van der Waals surface area contributed by atoms with E-state index in [4.69, 9.17) is 13.9 Å². The molecule has 1 amide bonds. The second kappa shape index (κ2) is 8.06. The number of benzene rings is 2. The van der Waals surface area contributed by atoms with E-state index < -0.39 is 0 Å². The van der Waals surface area contributed by atoms with Crippen molar-refractivity contribution < 1.29 is 18.7 Å². The Labute approximate surface area is 153 Å². The monoisotopic (exact) mass is 353 g/mol. The molecular formula is C21H23NO4. The Balaban J connectivity index is 1.70. The first-order chi connectivity index (χ1) is 12.6. The molecule has 0 aliphatic carbocycles. The van der Waals surface area contributed by atoms with Gasteiger partial charge in [-0.15, -0.1) is 0 Å². The number of fused-ring (bicyclic) bond motifs is 1. The second-order valence-corrected chi connectivity index (χ2v) is 6.23. The summed E-state index contributed by atoms with van der Waals surface area (Å²) >= 11 is 0. The lowest BCUT2D eigenvalue weighted by Gasteiger charge is -2.17. The highest BCUT2D eigenvalue weighted by Gasteiger charge is 2.23. The first kappa shape index (κ1) is 18.0. The number of carbonyl (C=O) groups is 1. The van der Waals surface area contributed by atoms with Crippen LogP contribution in [0.1, 0.15) is 21.7 Å². The van der Waals surface area contributed by atoms with Crippen molar-refractivity contribution in [3.8, 4) is 5.75 Å². The quantitative estimate of drug-likeness (QED) is 0.643. The van der Waals surface area contributed by atoms with Crippen LogP contribution in [-0.2, 0) is 11.3 Å². The third-order valence-electron chi connectivity index (χ3n) is 4.21. The number of hydrogen-bond acceptors (Lipinski definition) is 4. The van der Waals surface area contributed by atoms with Crippen LogP contribution in [0.5, 0.6) is 5.75 Å². The normalized spacial score (nSPS) is 10.9. The maximum Gasteiger partial charge on any atom is 0.289 e. The molecule has 5 nitrogen and oxygen atoms in total. The van der Waals surface area contributed by atoms with Crippen LogP contribution in [0.25, 0.3) is 11.0 Å². The van der Waals surface area contributed by atoms with E-state index in [2.05, 4.69) is 0 Å². The fourth-order valence-corrected chi connectivity index (χ4v) is 2.84. The van der Waals surface area contributed by atoms with Crippen molar-refractivity contribution in [3.05, 3.63) is 65.4 Å². The Morgan fingerprint density at radius 2 is 1.96 bits per heavy atom. The van der Waals surface area contributed by atoms with Gasteiger partial charge in [0.1, 0.15) is 17.9 Å². The number of para-hydroxylation sites is 1. The molecule has 3 aromatic rings. The summed E-state index contributed by atoms with van der Waals surface area (Å²) in [5, 5.41) is 0.905. The van der Waals surface area contributed by atoms with E-state index in [1.54, 1.807) is 19.1 Å². The molecule has 26 heavy (non-hydrogen) atoms. The fraction of sp³-hybridized carbons (Fsp3) is 0.286. The van der Waals surface area contributed by atoms with E-state index in [1.165, 1.54) is 0 Å². The van der Waals surface area contributed by atoms with Gasteiger partial charge in [-0.1, -0.05) is 30.3 Å². The first-order valence-electron chi connectivity index (χ1n) is 8.54. The minimum absolute atomic E-state index is 0.180. The molecule has 0 aliphatic rings. The summed E-state index contributed by atoms with van der Waals surface area (Å²) in [6.45, 7) is 3.20. The Bertz CT molecular complexity index is 900. The highest BCUT2D eigenvalue weighted by Crippen LogP contribution is 2.27. The third kappa shape index (κ3) is 3.89. The van der Waals surface area contributed by atoms with E-state index in [0.717, 1.165) is 22.3 Å². The smallest absolute Gasteiger partial charge is 0.289 e. The van der Waals surface area contributed by atoms with Gasteiger partial charge < -0.3 is 18.8 Å². The number of likely N-dealkylation sites (N-methyl/N-ethyl adjacent to an activating group) is 1. The number of amides is 1. The van der Waals surface area contributed by atoms with Gasteiger partial charge in [0.15, 0.2) is 5.76 Å². The topological polar surface area (TPSA) is 51.9 Å². The average Bonchev–Trinajstić information content (AvgIpc) is 3.00. The van der Waals surface area contributed by atoms with Gasteiger partial charge in [0, 0.05) is 25.1 Å². The number of aryl methyl sites for hydroxylation is 1. The van der Waals surface area contributed by atoms with Gasteiger partial charge in [0.2, 0.25) is 0 Å². The van der Waals surface area contributed by atoms with Crippen LogP contribution >= 0.6 is 0 Å². The maximum absolute atomic E-state index is 12.8. The highest BCUT2D eigenvalue weighted by atomic mass is 16.5. The Morgan fingerprint density at radius 1 is 1.15 bits per heavy atom. The van der Waals surface area contributed by atoms with Crippen molar-refractivity contribution >= 4 is 16.9 Å². The molecular weight excluding hydrogens is 330 g/mol. The largest absolute Gasteiger partial charge is 0.492 e. The number of methoxy groups -OCH3 is 1. The van der Waals surface area contributed by atoms with E-state index in [0.29, 0.717) is 31.1 Å². The summed E-state index contributed by atoms with van der Waals surface area (Å²) in [6.07, 6.45) is 0. The molecule has 0 atom stereocenters. The number of hydrogen-bond donors (Lipinski definition) is 0. The van der Waals surface area contributed by atoms with Crippen LogP contribution < -0.4 is 4.74 Å². The zero-order chi connectivity index (χ0) is 18.5. The van der Waals surface area contributed by atoms with E-state index in [-0.39, 0.29) is 5.91 Å². The van der Waals surface area contributed by atoms with Gasteiger partial charge in [-0.2, -0.15) is 0 Å².